The van der Waals surface area contributed by atoms with Crippen molar-refractivity contribution in [3.05, 3.63) is 33.9 Å². The number of hydrogen-bond acceptors (Lipinski definition) is 5. The highest BCUT2D eigenvalue weighted by Crippen LogP contribution is 2.22. The number of anilines is 1. The van der Waals surface area contributed by atoms with E-state index in [1.165, 1.54) is 12.1 Å². The Labute approximate surface area is 92.3 Å². The van der Waals surface area contributed by atoms with Gasteiger partial charge in [-0.15, -0.1) is 0 Å². The van der Waals surface area contributed by atoms with Gasteiger partial charge in [0.15, 0.2) is 6.29 Å². The molecule has 1 rings (SSSR count). The van der Waals surface area contributed by atoms with Crippen LogP contribution in [-0.2, 0) is 0 Å². The van der Waals surface area contributed by atoms with Gasteiger partial charge in [0.05, 0.1) is 17.1 Å². The Balaban J connectivity index is 3.08. The first kappa shape index (κ1) is 12.1. The predicted octanol–water partition coefficient (Wildman–Crippen LogP) is 0.836. The third kappa shape index (κ3) is 2.54. The van der Waals surface area contributed by atoms with Gasteiger partial charge < -0.3 is 10.0 Å². The first-order valence-electron chi connectivity index (χ1n) is 4.65. The van der Waals surface area contributed by atoms with E-state index in [9.17, 15) is 14.9 Å². The van der Waals surface area contributed by atoms with E-state index < -0.39 is 4.92 Å². The van der Waals surface area contributed by atoms with Crippen molar-refractivity contribution in [3.63, 3.8) is 0 Å². The Morgan fingerprint density at radius 1 is 1.56 bits per heavy atom. The normalized spacial score (nSPS) is 9.88. The lowest BCUT2D eigenvalue weighted by Gasteiger charge is -2.17. The number of carbonyl (C=O) groups is 1. The smallest absolute Gasteiger partial charge is 0.280 e. The minimum Gasteiger partial charge on any atom is -0.395 e. The highest BCUT2D eigenvalue weighted by Gasteiger charge is 2.14. The molecule has 1 aromatic carbocycles. The Morgan fingerprint density at radius 2 is 2.25 bits per heavy atom. The van der Waals surface area contributed by atoms with E-state index in [1.807, 2.05) is 0 Å². The molecule has 0 bridgehead atoms. The summed E-state index contributed by atoms with van der Waals surface area (Å²) in [6.45, 7) is 0.375. The number of nitro benzene ring substituents is 1. The summed E-state index contributed by atoms with van der Waals surface area (Å²) in [4.78, 5) is 22.4. The molecule has 0 aliphatic carbocycles. The monoisotopic (exact) mass is 224 g/mol. The number of hydrogen-bond donors (Lipinski definition) is 1. The second-order valence-electron chi connectivity index (χ2n) is 3.26. The van der Waals surface area contributed by atoms with Crippen LogP contribution in [0.25, 0.3) is 0 Å². The van der Waals surface area contributed by atoms with Crippen molar-refractivity contribution in [1.29, 1.82) is 0 Å². The molecule has 0 aromatic heterocycles. The van der Waals surface area contributed by atoms with Crippen LogP contribution in [0, 0.1) is 10.1 Å². The summed E-state index contributed by atoms with van der Waals surface area (Å²) in [6.07, 6.45) is 0.453. The summed E-state index contributed by atoms with van der Waals surface area (Å²) in [7, 11) is 1.73. The number of likely N-dealkylation sites (N-methyl/N-ethyl adjacent to an activating group) is 1. The number of nitro groups is 1. The van der Waals surface area contributed by atoms with E-state index in [-0.39, 0.29) is 17.9 Å². The molecule has 0 heterocycles. The van der Waals surface area contributed by atoms with Crippen molar-refractivity contribution in [3.8, 4) is 0 Å². The molecule has 0 spiro atoms. The van der Waals surface area contributed by atoms with Crippen LogP contribution >= 0.6 is 0 Å². The van der Waals surface area contributed by atoms with E-state index in [2.05, 4.69) is 0 Å². The van der Waals surface area contributed by atoms with E-state index in [4.69, 9.17) is 5.11 Å². The fraction of sp³-hybridized carbons (Fsp3) is 0.300. The van der Waals surface area contributed by atoms with Crippen LogP contribution in [0.15, 0.2) is 18.2 Å². The van der Waals surface area contributed by atoms with Crippen LogP contribution in [-0.4, -0.2) is 36.5 Å². The van der Waals surface area contributed by atoms with Crippen molar-refractivity contribution < 1.29 is 14.8 Å². The van der Waals surface area contributed by atoms with Gasteiger partial charge in [0, 0.05) is 25.3 Å². The summed E-state index contributed by atoms with van der Waals surface area (Å²) in [5.74, 6) is 0. The maximum Gasteiger partial charge on any atom is 0.280 e. The van der Waals surface area contributed by atoms with Crippen LogP contribution < -0.4 is 4.90 Å². The second-order valence-corrected chi connectivity index (χ2v) is 3.26. The topological polar surface area (TPSA) is 83.7 Å². The van der Waals surface area contributed by atoms with Gasteiger partial charge in [-0.2, -0.15) is 0 Å². The second kappa shape index (κ2) is 5.22. The lowest BCUT2D eigenvalue weighted by molar-refractivity contribution is -0.385. The van der Waals surface area contributed by atoms with Gasteiger partial charge in [-0.25, -0.2) is 0 Å². The first-order chi connectivity index (χ1) is 7.60. The number of benzene rings is 1. The molecule has 0 amide bonds. The number of aliphatic hydroxyl groups is 1. The van der Waals surface area contributed by atoms with Crippen molar-refractivity contribution in [1.82, 2.24) is 0 Å². The van der Waals surface area contributed by atoms with Gasteiger partial charge >= 0.3 is 0 Å². The Morgan fingerprint density at radius 3 is 2.75 bits per heavy atom. The van der Waals surface area contributed by atoms with Crippen LogP contribution in [0.3, 0.4) is 0 Å². The van der Waals surface area contributed by atoms with Gasteiger partial charge in [-0.1, -0.05) is 0 Å². The molecule has 16 heavy (non-hydrogen) atoms. The average Bonchev–Trinajstić information content (AvgIpc) is 2.28. The Kier molecular flexibility index (Phi) is 3.96. The first-order valence-corrected chi connectivity index (χ1v) is 4.65. The van der Waals surface area contributed by atoms with Crippen molar-refractivity contribution in [2.24, 2.45) is 0 Å². The lowest BCUT2D eigenvalue weighted by atomic mass is 10.1. The van der Waals surface area contributed by atoms with Crippen LogP contribution in [0.4, 0.5) is 11.4 Å². The zero-order valence-corrected chi connectivity index (χ0v) is 8.79. The fourth-order valence-electron chi connectivity index (χ4n) is 1.32. The minimum atomic E-state index is -0.598. The molecule has 1 N–H and O–H groups in total. The van der Waals surface area contributed by atoms with Gasteiger partial charge in [0.2, 0.25) is 0 Å². The maximum atomic E-state index is 10.7. The molecular weight excluding hydrogens is 212 g/mol. The predicted molar refractivity (Wildman–Crippen MR) is 58.8 cm³/mol. The third-order valence-electron chi connectivity index (χ3n) is 2.21. The van der Waals surface area contributed by atoms with Crippen molar-refractivity contribution in [2.75, 3.05) is 25.1 Å². The van der Waals surface area contributed by atoms with Crippen molar-refractivity contribution >= 4 is 17.7 Å². The Bertz CT molecular complexity index is 406. The highest BCUT2D eigenvalue weighted by molar-refractivity contribution is 5.83. The van der Waals surface area contributed by atoms with Gasteiger partial charge in [0.1, 0.15) is 0 Å². The van der Waals surface area contributed by atoms with Gasteiger partial charge in [-0.05, 0) is 12.1 Å². The van der Waals surface area contributed by atoms with Crippen LogP contribution in [0.5, 0.6) is 0 Å². The molecular formula is C10H12N2O4. The number of carbonyl (C=O) groups excluding carboxylic acids is 1. The van der Waals surface area contributed by atoms with Gasteiger partial charge in [-0.3, -0.25) is 14.9 Å². The van der Waals surface area contributed by atoms with Gasteiger partial charge in [0.25, 0.3) is 5.69 Å². The number of nitrogens with zero attached hydrogens (tertiary/aromatic N) is 2. The van der Waals surface area contributed by atoms with Crippen LogP contribution in [0.1, 0.15) is 10.4 Å². The van der Waals surface area contributed by atoms with E-state index in [0.29, 0.717) is 18.5 Å². The van der Waals surface area contributed by atoms with Crippen LogP contribution in [0.2, 0.25) is 0 Å². The molecule has 86 valence electrons. The zero-order valence-electron chi connectivity index (χ0n) is 8.79. The number of rotatable bonds is 5. The molecule has 0 saturated heterocycles. The third-order valence-corrected chi connectivity index (χ3v) is 2.21. The number of aldehydes is 1. The SMILES string of the molecule is CN(CCO)c1ccc([N+](=O)[O-])c(C=O)c1. The highest BCUT2D eigenvalue weighted by atomic mass is 16.6. The summed E-state index contributed by atoms with van der Waals surface area (Å²) < 4.78 is 0. The zero-order chi connectivity index (χ0) is 12.1. The lowest BCUT2D eigenvalue weighted by Crippen LogP contribution is -2.21. The molecule has 0 saturated carbocycles. The molecule has 0 atom stereocenters. The molecule has 0 fully saturated rings. The fourth-order valence-corrected chi connectivity index (χ4v) is 1.32. The summed E-state index contributed by atoms with van der Waals surface area (Å²) in [5.41, 5.74) is 0.477. The number of aliphatic hydroxyl groups excluding tert-OH is 1. The molecule has 0 aliphatic rings. The van der Waals surface area contributed by atoms with E-state index >= 15 is 0 Å². The summed E-state index contributed by atoms with van der Waals surface area (Å²) in [5, 5.41) is 19.3. The largest absolute Gasteiger partial charge is 0.395 e. The summed E-state index contributed by atoms with van der Waals surface area (Å²) >= 11 is 0. The quantitative estimate of drug-likeness (QED) is 0.455. The molecule has 0 aliphatic heterocycles. The molecule has 0 radical (unpaired) electrons. The molecule has 1 aromatic rings. The Hall–Kier alpha value is -1.95. The van der Waals surface area contributed by atoms with Crippen molar-refractivity contribution in [2.45, 2.75) is 0 Å². The molecule has 0 unspecified atom stereocenters. The molecule has 6 nitrogen and oxygen atoms in total. The maximum absolute atomic E-state index is 10.7. The van der Waals surface area contributed by atoms with E-state index in [1.54, 1.807) is 18.0 Å². The average molecular weight is 224 g/mol. The summed E-state index contributed by atoms with van der Waals surface area (Å²) in [6, 6.07) is 4.26. The standard InChI is InChI=1S/C10H12N2O4/c1-11(4-5-13)9-2-3-10(12(15)16)8(6-9)7-14/h2-3,6-7,13H,4-5H2,1H3. The molecule has 6 heteroatoms. The van der Waals surface area contributed by atoms with E-state index in [0.717, 1.165) is 0 Å². The minimum absolute atomic E-state index is 0.0239.